The number of hydrogen-bond acceptors (Lipinski definition) is 3. The largest absolute Gasteiger partial charge is 0.480 e. The number of aryl methyl sites for hydroxylation is 2. The van der Waals surface area contributed by atoms with E-state index in [2.05, 4.69) is 0 Å². The van der Waals surface area contributed by atoms with Crippen molar-refractivity contribution in [2.45, 2.75) is 25.8 Å². The molecule has 5 nitrogen and oxygen atoms in total. The first-order chi connectivity index (χ1) is 11.6. The van der Waals surface area contributed by atoms with E-state index >= 15 is 0 Å². The predicted octanol–water partition coefficient (Wildman–Crippen LogP) is 2.37. The highest BCUT2D eigenvalue weighted by molar-refractivity contribution is 6.08. The van der Waals surface area contributed by atoms with Gasteiger partial charge in [0.1, 0.15) is 6.54 Å². The minimum absolute atomic E-state index is 0.328. The second-order valence-corrected chi connectivity index (χ2v) is 6.00. The Kier molecular flexibility index (Phi) is 4.62. The number of nitrogens with two attached hydrogens (primary N) is 1. The molecule has 0 heterocycles. The van der Waals surface area contributed by atoms with Crippen molar-refractivity contribution in [3.63, 3.8) is 0 Å². The van der Waals surface area contributed by atoms with Gasteiger partial charge in [-0.3, -0.25) is 14.5 Å². The minimum atomic E-state index is -1.04. The first-order valence-electron chi connectivity index (χ1n) is 8.03. The Morgan fingerprint density at radius 1 is 1.08 bits per heavy atom. The van der Waals surface area contributed by atoms with E-state index in [4.69, 9.17) is 5.73 Å². The molecule has 3 N–H and O–H groups in total. The summed E-state index contributed by atoms with van der Waals surface area (Å²) in [6.07, 6.45) is 3.12. The Labute approximate surface area is 140 Å². The standard InChI is InChI=1S/C19H20N2O3/c20-11-13-3-1-6-16(9-13)19(24)21(12-18(22)23)17-8-7-14-4-2-5-15(14)10-17/h1,3,6-10H,2,4-5,11-12,20H2,(H,22,23). The average molecular weight is 324 g/mol. The number of anilines is 1. The smallest absolute Gasteiger partial charge is 0.323 e. The highest BCUT2D eigenvalue weighted by Gasteiger charge is 2.22. The molecule has 0 aliphatic heterocycles. The third-order valence-electron chi connectivity index (χ3n) is 4.34. The van der Waals surface area contributed by atoms with Crippen molar-refractivity contribution in [2.75, 3.05) is 11.4 Å². The molecule has 0 spiro atoms. The van der Waals surface area contributed by atoms with Gasteiger partial charge < -0.3 is 10.8 Å². The van der Waals surface area contributed by atoms with E-state index in [0.29, 0.717) is 17.8 Å². The number of carboxylic acids is 1. The van der Waals surface area contributed by atoms with Gasteiger partial charge in [-0.15, -0.1) is 0 Å². The molecule has 0 bridgehead atoms. The van der Waals surface area contributed by atoms with Crippen molar-refractivity contribution < 1.29 is 14.7 Å². The lowest BCUT2D eigenvalue weighted by Gasteiger charge is -2.22. The molecular formula is C19H20N2O3. The van der Waals surface area contributed by atoms with Crippen LogP contribution in [0, 0.1) is 0 Å². The number of carbonyl (C=O) groups excluding carboxylic acids is 1. The zero-order valence-electron chi connectivity index (χ0n) is 13.4. The molecule has 3 rings (SSSR count). The molecule has 1 aliphatic rings. The summed E-state index contributed by atoms with van der Waals surface area (Å²) in [6, 6.07) is 12.8. The van der Waals surface area contributed by atoms with Crippen molar-refractivity contribution in [3.8, 4) is 0 Å². The van der Waals surface area contributed by atoms with Crippen molar-refractivity contribution in [1.29, 1.82) is 0 Å². The quantitative estimate of drug-likeness (QED) is 0.884. The van der Waals surface area contributed by atoms with Crippen molar-refractivity contribution in [3.05, 3.63) is 64.7 Å². The molecule has 0 saturated heterocycles. The summed E-state index contributed by atoms with van der Waals surface area (Å²) in [5, 5.41) is 9.22. The number of nitrogens with zero attached hydrogens (tertiary/aromatic N) is 1. The minimum Gasteiger partial charge on any atom is -0.480 e. The number of fused-ring (bicyclic) bond motifs is 1. The van der Waals surface area contributed by atoms with E-state index < -0.39 is 5.97 Å². The van der Waals surface area contributed by atoms with Crippen LogP contribution in [0.2, 0.25) is 0 Å². The van der Waals surface area contributed by atoms with Crippen LogP contribution < -0.4 is 10.6 Å². The summed E-state index contributed by atoms with van der Waals surface area (Å²) < 4.78 is 0. The van der Waals surface area contributed by atoms with Crippen LogP contribution in [0.3, 0.4) is 0 Å². The molecule has 1 aliphatic carbocycles. The second kappa shape index (κ2) is 6.84. The number of carbonyl (C=O) groups is 2. The van der Waals surface area contributed by atoms with Gasteiger partial charge in [-0.05, 0) is 60.2 Å². The van der Waals surface area contributed by atoms with Crippen LogP contribution in [-0.4, -0.2) is 23.5 Å². The summed E-state index contributed by atoms with van der Waals surface area (Å²) in [4.78, 5) is 25.4. The number of amides is 1. The van der Waals surface area contributed by atoms with Crippen LogP contribution in [0.25, 0.3) is 0 Å². The molecule has 5 heteroatoms. The van der Waals surface area contributed by atoms with Crippen LogP contribution in [0.1, 0.15) is 33.5 Å². The van der Waals surface area contributed by atoms with Crippen LogP contribution in [0.4, 0.5) is 5.69 Å². The predicted molar refractivity (Wildman–Crippen MR) is 92.1 cm³/mol. The lowest BCUT2D eigenvalue weighted by Crippen LogP contribution is -2.35. The first kappa shape index (κ1) is 16.2. The van der Waals surface area contributed by atoms with Crippen LogP contribution in [0.15, 0.2) is 42.5 Å². The summed E-state index contributed by atoms with van der Waals surface area (Å²) in [5.41, 5.74) is 10.0. The third kappa shape index (κ3) is 3.31. The van der Waals surface area contributed by atoms with Gasteiger partial charge in [0, 0.05) is 17.8 Å². The highest BCUT2D eigenvalue weighted by Crippen LogP contribution is 2.27. The van der Waals surface area contributed by atoms with Crippen LogP contribution >= 0.6 is 0 Å². The molecule has 0 unspecified atom stereocenters. The van der Waals surface area contributed by atoms with Crippen molar-refractivity contribution in [2.24, 2.45) is 5.73 Å². The van der Waals surface area contributed by atoms with Gasteiger partial charge in [-0.2, -0.15) is 0 Å². The van der Waals surface area contributed by atoms with Crippen LogP contribution in [0.5, 0.6) is 0 Å². The van der Waals surface area contributed by atoms with E-state index in [1.165, 1.54) is 16.0 Å². The van der Waals surface area contributed by atoms with Gasteiger partial charge in [-0.1, -0.05) is 18.2 Å². The van der Waals surface area contributed by atoms with Gasteiger partial charge >= 0.3 is 5.97 Å². The maximum Gasteiger partial charge on any atom is 0.323 e. The number of carboxylic acid groups (broad SMARTS) is 1. The fourth-order valence-electron chi connectivity index (χ4n) is 3.13. The van der Waals surface area contributed by atoms with E-state index in [-0.39, 0.29) is 12.5 Å². The Balaban J connectivity index is 1.96. The Bertz CT molecular complexity index is 786. The maximum atomic E-state index is 12.9. The number of hydrogen-bond donors (Lipinski definition) is 2. The van der Waals surface area contributed by atoms with Crippen molar-refractivity contribution >= 4 is 17.6 Å². The van der Waals surface area contributed by atoms with E-state index in [1.54, 1.807) is 18.2 Å². The van der Waals surface area contributed by atoms with E-state index in [1.807, 2.05) is 24.3 Å². The molecule has 2 aromatic rings. The fraction of sp³-hybridized carbons (Fsp3) is 0.263. The average Bonchev–Trinajstić information content (AvgIpc) is 3.06. The third-order valence-corrected chi connectivity index (χ3v) is 4.34. The molecule has 0 radical (unpaired) electrons. The SMILES string of the molecule is NCc1cccc(C(=O)N(CC(=O)O)c2ccc3c(c2)CCC3)c1. The van der Waals surface area contributed by atoms with Crippen molar-refractivity contribution in [1.82, 2.24) is 0 Å². The normalized spacial score (nSPS) is 12.7. The van der Waals surface area contributed by atoms with Gasteiger partial charge in [0.15, 0.2) is 0 Å². The van der Waals surface area contributed by atoms with E-state index in [0.717, 1.165) is 24.8 Å². The highest BCUT2D eigenvalue weighted by atomic mass is 16.4. The Morgan fingerprint density at radius 2 is 1.88 bits per heavy atom. The van der Waals surface area contributed by atoms with Crippen LogP contribution in [-0.2, 0) is 24.2 Å². The van der Waals surface area contributed by atoms with Gasteiger partial charge in [-0.25, -0.2) is 0 Å². The van der Waals surface area contributed by atoms with E-state index in [9.17, 15) is 14.7 Å². The Hall–Kier alpha value is -2.66. The molecular weight excluding hydrogens is 304 g/mol. The number of rotatable bonds is 5. The topological polar surface area (TPSA) is 83.6 Å². The monoisotopic (exact) mass is 324 g/mol. The lowest BCUT2D eigenvalue weighted by atomic mass is 10.1. The summed E-state index contributed by atoms with van der Waals surface area (Å²) in [6.45, 7) is -0.0383. The maximum absolute atomic E-state index is 12.9. The molecule has 0 saturated carbocycles. The molecule has 24 heavy (non-hydrogen) atoms. The summed E-state index contributed by atoms with van der Waals surface area (Å²) in [5.74, 6) is -1.37. The molecule has 0 atom stereocenters. The molecule has 124 valence electrons. The number of aliphatic carboxylic acids is 1. The van der Waals surface area contributed by atoms with Gasteiger partial charge in [0.05, 0.1) is 0 Å². The molecule has 0 aromatic heterocycles. The zero-order chi connectivity index (χ0) is 17.1. The summed E-state index contributed by atoms with van der Waals surface area (Å²) >= 11 is 0. The lowest BCUT2D eigenvalue weighted by molar-refractivity contribution is -0.135. The Morgan fingerprint density at radius 3 is 2.62 bits per heavy atom. The zero-order valence-corrected chi connectivity index (χ0v) is 13.4. The molecule has 1 amide bonds. The van der Waals surface area contributed by atoms with Gasteiger partial charge in [0.25, 0.3) is 5.91 Å². The molecule has 2 aromatic carbocycles. The first-order valence-corrected chi connectivity index (χ1v) is 8.03. The second-order valence-electron chi connectivity index (χ2n) is 6.00. The molecule has 0 fully saturated rings. The summed E-state index contributed by atoms with van der Waals surface area (Å²) in [7, 11) is 0. The van der Waals surface area contributed by atoms with Gasteiger partial charge in [0.2, 0.25) is 0 Å². The fourth-order valence-corrected chi connectivity index (χ4v) is 3.13. The number of benzene rings is 2.